The van der Waals surface area contributed by atoms with E-state index in [1.165, 1.54) is 12.8 Å². The van der Waals surface area contributed by atoms with E-state index in [-0.39, 0.29) is 11.2 Å². The van der Waals surface area contributed by atoms with Crippen molar-refractivity contribution in [2.75, 3.05) is 18.4 Å². The molecule has 0 saturated carbocycles. The lowest BCUT2D eigenvalue weighted by Gasteiger charge is -2.29. The van der Waals surface area contributed by atoms with Crippen LogP contribution in [0, 0.1) is 5.92 Å². The number of anilines is 1. The number of para-hydroxylation sites is 1. The van der Waals surface area contributed by atoms with Crippen molar-refractivity contribution >= 4 is 23.4 Å². The first kappa shape index (κ1) is 15.4. The first-order valence-corrected chi connectivity index (χ1v) is 8.33. The van der Waals surface area contributed by atoms with Crippen molar-refractivity contribution in [3.8, 4) is 0 Å². The summed E-state index contributed by atoms with van der Waals surface area (Å²) in [5.74, 6) is 0.829. The number of benzene rings is 1. The second-order valence-corrected chi connectivity index (χ2v) is 7.15. The highest BCUT2D eigenvalue weighted by Crippen LogP contribution is 2.29. The lowest BCUT2D eigenvalue weighted by Crippen LogP contribution is -2.33. The number of rotatable bonds is 5. The molecule has 2 N–H and O–H groups in total. The number of nitrogens with one attached hydrogen (secondary N) is 2. The molecule has 3 nitrogen and oxygen atoms in total. The van der Waals surface area contributed by atoms with Gasteiger partial charge in [-0.25, -0.2) is 0 Å². The van der Waals surface area contributed by atoms with Crippen LogP contribution in [0.3, 0.4) is 0 Å². The Morgan fingerprint density at radius 3 is 2.55 bits per heavy atom. The van der Waals surface area contributed by atoms with E-state index in [4.69, 9.17) is 0 Å². The minimum absolute atomic E-state index is 0.0138. The van der Waals surface area contributed by atoms with Gasteiger partial charge in [0.1, 0.15) is 0 Å². The Kier molecular flexibility index (Phi) is 5.92. The average Bonchev–Trinajstić information content (AvgIpc) is 2.49. The Morgan fingerprint density at radius 1 is 1.25 bits per heavy atom. The first-order valence-electron chi connectivity index (χ1n) is 7.39. The molecule has 2 unspecified atom stereocenters. The van der Waals surface area contributed by atoms with Crippen molar-refractivity contribution in [2.45, 2.75) is 37.2 Å². The third-order valence-electron chi connectivity index (χ3n) is 3.88. The number of hydrogen-bond donors (Lipinski definition) is 2. The highest BCUT2D eigenvalue weighted by molar-refractivity contribution is 8.01. The maximum absolute atomic E-state index is 12.2. The number of hydrogen-bond acceptors (Lipinski definition) is 3. The Hall–Kier alpha value is -1.00. The summed E-state index contributed by atoms with van der Waals surface area (Å²) in [6.45, 7) is 6.48. The molecule has 0 spiro atoms. The average molecular weight is 292 g/mol. The summed E-state index contributed by atoms with van der Waals surface area (Å²) in [5.41, 5.74) is 0.875. The van der Waals surface area contributed by atoms with Crippen LogP contribution in [0.15, 0.2) is 30.3 Å². The minimum Gasteiger partial charge on any atom is -0.325 e. The summed E-state index contributed by atoms with van der Waals surface area (Å²) in [6.07, 6.45) is 2.45. The van der Waals surface area contributed by atoms with Crippen LogP contribution in [-0.2, 0) is 4.79 Å². The monoisotopic (exact) mass is 292 g/mol. The van der Waals surface area contributed by atoms with Crippen molar-refractivity contribution in [3.05, 3.63) is 30.3 Å². The summed E-state index contributed by atoms with van der Waals surface area (Å²) >= 11 is 1.79. The van der Waals surface area contributed by atoms with Crippen LogP contribution in [0.4, 0.5) is 5.69 Å². The van der Waals surface area contributed by atoms with Gasteiger partial charge in [0.25, 0.3) is 0 Å². The lowest BCUT2D eigenvalue weighted by atomic mass is 9.95. The van der Waals surface area contributed by atoms with Crippen molar-refractivity contribution in [1.82, 2.24) is 5.32 Å². The molecule has 1 aromatic rings. The molecular formula is C16H24N2OS. The fourth-order valence-electron chi connectivity index (χ4n) is 2.57. The molecule has 0 aromatic heterocycles. The van der Waals surface area contributed by atoms with E-state index in [0.29, 0.717) is 5.25 Å². The van der Waals surface area contributed by atoms with E-state index in [0.717, 1.165) is 24.7 Å². The van der Waals surface area contributed by atoms with Gasteiger partial charge in [-0.2, -0.15) is 0 Å². The first-order chi connectivity index (χ1) is 9.66. The Labute approximate surface area is 125 Å². The molecule has 4 heteroatoms. The third-order valence-corrected chi connectivity index (χ3v) is 5.31. The van der Waals surface area contributed by atoms with Crippen LogP contribution < -0.4 is 10.6 Å². The number of carbonyl (C=O) groups is 1. The molecule has 1 aliphatic rings. The number of piperidine rings is 1. The molecule has 1 saturated heterocycles. The van der Waals surface area contributed by atoms with Crippen LogP contribution in [0.2, 0.25) is 0 Å². The van der Waals surface area contributed by atoms with E-state index in [1.807, 2.05) is 37.3 Å². The molecule has 1 aromatic carbocycles. The number of amides is 1. The van der Waals surface area contributed by atoms with Gasteiger partial charge in [0.2, 0.25) is 5.91 Å². The summed E-state index contributed by atoms with van der Waals surface area (Å²) in [7, 11) is 0. The molecule has 1 heterocycles. The molecule has 1 fully saturated rings. The smallest absolute Gasteiger partial charge is 0.237 e. The normalized spacial score (nSPS) is 19.3. The van der Waals surface area contributed by atoms with Gasteiger partial charge in [-0.1, -0.05) is 25.1 Å². The zero-order valence-electron chi connectivity index (χ0n) is 12.3. The zero-order chi connectivity index (χ0) is 14.4. The summed E-state index contributed by atoms with van der Waals surface area (Å²) in [5, 5.41) is 6.89. The maximum Gasteiger partial charge on any atom is 0.237 e. The topological polar surface area (TPSA) is 41.1 Å². The molecule has 1 amide bonds. The van der Waals surface area contributed by atoms with Crippen molar-refractivity contribution in [2.24, 2.45) is 5.92 Å². The van der Waals surface area contributed by atoms with Gasteiger partial charge in [-0.05, 0) is 50.9 Å². The van der Waals surface area contributed by atoms with Gasteiger partial charge in [-0.15, -0.1) is 11.8 Å². The number of carbonyl (C=O) groups excluding carboxylic acids is 1. The predicted molar refractivity (Wildman–Crippen MR) is 87.2 cm³/mol. The zero-order valence-corrected chi connectivity index (χ0v) is 13.1. The molecule has 110 valence electrons. The predicted octanol–water partition coefficient (Wildman–Crippen LogP) is 3.13. The van der Waals surface area contributed by atoms with E-state index in [9.17, 15) is 4.79 Å². The van der Waals surface area contributed by atoms with Gasteiger partial charge in [0.05, 0.1) is 5.25 Å². The maximum atomic E-state index is 12.2. The van der Waals surface area contributed by atoms with Gasteiger partial charge in [0.15, 0.2) is 0 Å². The fraction of sp³-hybridized carbons (Fsp3) is 0.562. The Bertz CT molecular complexity index is 418. The van der Waals surface area contributed by atoms with Gasteiger partial charge >= 0.3 is 0 Å². The quantitative estimate of drug-likeness (QED) is 0.876. The minimum atomic E-state index is -0.0138. The van der Waals surface area contributed by atoms with Gasteiger partial charge < -0.3 is 10.6 Å². The van der Waals surface area contributed by atoms with Crippen molar-refractivity contribution in [1.29, 1.82) is 0 Å². The van der Waals surface area contributed by atoms with Crippen LogP contribution >= 0.6 is 11.8 Å². The fourth-order valence-corrected chi connectivity index (χ4v) is 3.89. The summed E-state index contributed by atoms with van der Waals surface area (Å²) in [6, 6.07) is 9.67. The molecule has 1 aliphatic heterocycles. The van der Waals surface area contributed by atoms with E-state index in [1.54, 1.807) is 11.8 Å². The van der Waals surface area contributed by atoms with Crippen LogP contribution in [0.1, 0.15) is 26.7 Å². The lowest BCUT2D eigenvalue weighted by molar-refractivity contribution is -0.115. The van der Waals surface area contributed by atoms with Crippen LogP contribution in [0.5, 0.6) is 0 Å². The molecule has 0 radical (unpaired) electrons. The molecule has 0 aliphatic carbocycles. The van der Waals surface area contributed by atoms with Crippen LogP contribution in [0.25, 0.3) is 0 Å². The van der Waals surface area contributed by atoms with E-state index < -0.39 is 0 Å². The SMILES string of the molecule is CC(SC(C)C1CCNCC1)C(=O)Nc1ccccc1. The van der Waals surface area contributed by atoms with Gasteiger partial charge in [0, 0.05) is 10.9 Å². The highest BCUT2D eigenvalue weighted by Gasteiger charge is 2.24. The summed E-state index contributed by atoms with van der Waals surface area (Å²) in [4.78, 5) is 12.2. The van der Waals surface area contributed by atoms with Crippen LogP contribution in [-0.4, -0.2) is 29.5 Å². The standard InChI is InChI=1S/C16H24N2OS/c1-12(14-8-10-17-11-9-14)20-13(2)16(19)18-15-6-4-3-5-7-15/h3-7,12-14,17H,8-11H2,1-2H3,(H,18,19). The third kappa shape index (κ3) is 4.53. The Morgan fingerprint density at radius 2 is 1.90 bits per heavy atom. The molecular weight excluding hydrogens is 268 g/mol. The molecule has 20 heavy (non-hydrogen) atoms. The molecule has 2 rings (SSSR count). The molecule has 0 bridgehead atoms. The van der Waals surface area contributed by atoms with E-state index in [2.05, 4.69) is 17.6 Å². The van der Waals surface area contributed by atoms with Gasteiger partial charge in [-0.3, -0.25) is 4.79 Å². The second-order valence-electron chi connectivity index (χ2n) is 5.43. The van der Waals surface area contributed by atoms with E-state index >= 15 is 0 Å². The summed E-state index contributed by atoms with van der Waals surface area (Å²) < 4.78 is 0. The Balaban J connectivity index is 1.81. The van der Waals surface area contributed by atoms with Crippen molar-refractivity contribution in [3.63, 3.8) is 0 Å². The highest BCUT2D eigenvalue weighted by atomic mass is 32.2. The number of thioether (sulfide) groups is 1. The largest absolute Gasteiger partial charge is 0.325 e. The van der Waals surface area contributed by atoms with Crippen molar-refractivity contribution < 1.29 is 4.79 Å². The second kappa shape index (κ2) is 7.70. The molecule has 2 atom stereocenters.